The highest BCUT2D eigenvalue weighted by atomic mass is 35.5. The standard InChI is InChI=1S/C6H10ClN3O5.C6H9N3O5/c7-1-5(11)2-8-3-6(4-8,9(12)13)10(14)15;10-8(11)6(9(12)13)3-7(4-6)1-5-2-14-5/h5,11H,1-4H2;5H,1-4H2. The number of hydrogen-bond acceptors (Lipinski definition) is 12. The quantitative estimate of drug-likeness (QED) is 0.136. The second kappa shape index (κ2) is 8.62. The number of aliphatic hydroxyl groups is 1. The molecule has 3 aliphatic heterocycles. The molecule has 16 nitrogen and oxygen atoms in total. The van der Waals surface area contributed by atoms with E-state index in [9.17, 15) is 40.5 Å². The molecule has 3 heterocycles. The summed E-state index contributed by atoms with van der Waals surface area (Å²) in [5, 5.41) is 51.1. The smallest absolute Gasteiger partial charge is 0.391 e. The van der Waals surface area contributed by atoms with Crippen LogP contribution in [-0.4, -0.2) is 110 Å². The van der Waals surface area contributed by atoms with E-state index in [-0.39, 0.29) is 44.7 Å². The molecule has 164 valence electrons. The van der Waals surface area contributed by atoms with Gasteiger partial charge < -0.3 is 9.84 Å². The maximum Gasteiger partial charge on any atom is 0.482 e. The average molecular weight is 443 g/mol. The van der Waals surface area contributed by atoms with Crippen molar-refractivity contribution < 1.29 is 29.5 Å². The molecule has 0 radical (unpaired) electrons. The van der Waals surface area contributed by atoms with Gasteiger partial charge in [-0.05, 0) is 0 Å². The number of halogens is 1. The van der Waals surface area contributed by atoms with Crippen molar-refractivity contribution in [2.75, 3.05) is 51.8 Å². The fraction of sp³-hybridized carbons (Fsp3) is 1.00. The van der Waals surface area contributed by atoms with Crippen molar-refractivity contribution in [2.24, 2.45) is 0 Å². The van der Waals surface area contributed by atoms with Crippen LogP contribution < -0.4 is 0 Å². The molecule has 17 heteroatoms. The highest BCUT2D eigenvalue weighted by molar-refractivity contribution is 6.18. The average Bonchev–Trinajstić information content (AvgIpc) is 3.36. The van der Waals surface area contributed by atoms with Crippen molar-refractivity contribution >= 4 is 11.6 Å². The van der Waals surface area contributed by atoms with Gasteiger partial charge in [-0.15, -0.1) is 11.6 Å². The summed E-state index contributed by atoms with van der Waals surface area (Å²) >= 11 is 5.33. The number of nitro groups is 4. The molecule has 0 bridgehead atoms. The third kappa shape index (κ3) is 4.84. The Morgan fingerprint density at radius 3 is 1.62 bits per heavy atom. The first-order valence-electron chi connectivity index (χ1n) is 8.35. The van der Waals surface area contributed by atoms with Gasteiger partial charge in [0.2, 0.25) is 0 Å². The molecular weight excluding hydrogens is 424 g/mol. The molecule has 1 N–H and O–H groups in total. The van der Waals surface area contributed by atoms with E-state index in [1.807, 2.05) is 0 Å². The molecule has 0 saturated carbocycles. The van der Waals surface area contributed by atoms with Crippen LogP contribution in [0.5, 0.6) is 0 Å². The number of nitrogens with zero attached hydrogens (tertiary/aromatic N) is 6. The van der Waals surface area contributed by atoms with Gasteiger partial charge in [0.15, 0.2) is 0 Å². The predicted molar refractivity (Wildman–Crippen MR) is 92.8 cm³/mol. The molecule has 3 rings (SSSR count). The summed E-state index contributed by atoms with van der Waals surface area (Å²) in [5.74, 6) is 0.000425. The molecule has 0 amide bonds. The van der Waals surface area contributed by atoms with Crippen molar-refractivity contribution in [3.63, 3.8) is 0 Å². The van der Waals surface area contributed by atoms with Gasteiger partial charge in [0.05, 0.1) is 18.8 Å². The maximum absolute atomic E-state index is 10.5. The molecule has 2 atom stereocenters. The van der Waals surface area contributed by atoms with Crippen LogP contribution in [0.2, 0.25) is 0 Å². The molecule has 0 spiro atoms. The van der Waals surface area contributed by atoms with E-state index in [4.69, 9.17) is 21.4 Å². The van der Waals surface area contributed by atoms with Crippen LogP contribution in [0.4, 0.5) is 0 Å². The minimum absolute atomic E-state index is 0.000425. The Balaban J connectivity index is 0.000000207. The lowest BCUT2D eigenvalue weighted by Crippen LogP contribution is -2.70. The van der Waals surface area contributed by atoms with Gasteiger partial charge in [-0.2, -0.15) is 0 Å². The van der Waals surface area contributed by atoms with Crippen LogP contribution in [0, 0.1) is 40.5 Å². The monoisotopic (exact) mass is 442 g/mol. The number of β-amino-alcohol motifs (C(OH)–C–C–N with tert-alkyl or cyclic N) is 1. The Labute approximate surface area is 167 Å². The minimum Gasteiger partial charge on any atom is -0.391 e. The van der Waals surface area contributed by atoms with Crippen molar-refractivity contribution in [3.05, 3.63) is 40.5 Å². The van der Waals surface area contributed by atoms with E-state index < -0.39 is 37.1 Å². The van der Waals surface area contributed by atoms with Crippen molar-refractivity contribution in [3.8, 4) is 0 Å². The molecule has 2 unspecified atom stereocenters. The fourth-order valence-corrected chi connectivity index (χ4v) is 3.10. The lowest BCUT2D eigenvalue weighted by molar-refractivity contribution is -0.811. The molecule has 3 saturated heterocycles. The third-order valence-corrected chi connectivity index (χ3v) is 5.13. The lowest BCUT2D eigenvalue weighted by Gasteiger charge is -2.36. The van der Waals surface area contributed by atoms with Gasteiger partial charge in [0.25, 0.3) is 0 Å². The molecule has 3 fully saturated rings. The number of likely N-dealkylation sites (tertiary alicyclic amines) is 2. The van der Waals surface area contributed by atoms with Crippen molar-refractivity contribution in [1.82, 2.24) is 9.80 Å². The van der Waals surface area contributed by atoms with Gasteiger partial charge in [0, 0.05) is 19.0 Å². The Morgan fingerprint density at radius 2 is 1.31 bits per heavy atom. The Kier molecular flexibility index (Phi) is 6.84. The summed E-state index contributed by atoms with van der Waals surface area (Å²) in [5.41, 5.74) is -4.08. The first-order chi connectivity index (χ1) is 13.5. The van der Waals surface area contributed by atoms with Crippen LogP contribution >= 0.6 is 11.6 Å². The number of epoxide rings is 1. The summed E-state index contributed by atoms with van der Waals surface area (Å²) < 4.78 is 4.92. The van der Waals surface area contributed by atoms with Gasteiger partial charge in [0.1, 0.15) is 45.9 Å². The second-order valence-electron chi connectivity index (χ2n) is 7.10. The highest BCUT2D eigenvalue weighted by Crippen LogP contribution is 2.27. The topological polar surface area (TPSA) is 212 Å². The number of aliphatic hydroxyl groups excluding tert-OH is 1. The summed E-state index contributed by atoms with van der Waals surface area (Å²) in [4.78, 5) is 41.7. The number of rotatable bonds is 9. The highest BCUT2D eigenvalue weighted by Gasteiger charge is 2.67. The predicted octanol–water partition coefficient (Wildman–Crippen LogP) is -1.90. The summed E-state index contributed by atoms with van der Waals surface area (Å²) in [6.45, 7) is 0.512. The zero-order valence-corrected chi connectivity index (χ0v) is 15.8. The molecule has 3 aliphatic rings. The van der Waals surface area contributed by atoms with Gasteiger partial charge in [-0.3, -0.25) is 50.3 Å². The molecule has 29 heavy (non-hydrogen) atoms. The van der Waals surface area contributed by atoms with Crippen molar-refractivity contribution in [2.45, 2.75) is 23.5 Å². The molecule has 0 aromatic rings. The number of ether oxygens (including phenoxy) is 1. The van der Waals surface area contributed by atoms with Crippen LogP contribution in [0.1, 0.15) is 0 Å². The Hall–Kier alpha value is -2.27. The van der Waals surface area contributed by atoms with E-state index in [0.717, 1.165) is 0 Å². The van der Waals surface area contributed by atoms with E-state index in [1.54, 1.807) is 4.90 Å². The van der Waals surface area contributed by atoms with Crippen LogP contribution in [-0.2, 0) is 4.74 Å². The molecular formula is C12H19ClN6O10. The van der Waals surface area contributed by atoms with E-state index in [2.05, 4.69) is 0 Å². The zero-order valence-electron chi connectivity index (χ0n) is 15.0. The summed E-state index contributed by atoms with van der Waals surface area (Å²) in [6.07, 6.45) is -0.699. The van der Waals surface area contributed by atoms with Crippen LogP contribution in [0.3, 0.4) is 0 Å². The van der Waals surface area contributed by atoms with Gasteiger partial charge >= 0.3 is 11.3 Å². The van der Waals surface area contributed by atoms with Gasteiger partial charge in [-0.1, -0.05) is 0 Å². The van der Waals surface area contributed by atoms with Crippen LogP contribution in [0.15, 0.2) is 0 Å². The molecule has 0 aromatic carbocycles. The SMILES string of the molecule is O=[N+]([O-])C1([N+](=O)[O-])CN(CC(O)CCl)C1.O=[N+]([O-])C1([N+](=O)[O-])CN(CC2CO2)C1. The van der Waals surface area contributed by atoms with Crippen molar-refractivity contribution in [1.29, 1.82) is 0 Å². The van der Waals surface area contributed by atoms with Gasteiger partial charge in [-0.25, -0.2) is 0 Å². The molecule has 0 aromatic heterocycles. The fourth-order valence-electron chi connectivity index (χ4n) is 3.00. The van der Waals surface area contributed by atoms with Crippen LogP contribution in [0.25, 0.3) is 0 Å². The Bertz CT molecular complexity index is 646. The number of hydrogen-bond donors (Lipinski definition) is 1. The first kappa shape index (κ1) is 23.0. The summed E-state index contributed by atoms with van der Waals surface area (Å²) in [6, 6.07) is 0. The molecule has 0 aliphatic carbocycles. The van der Waals surface area contributed by atoms with E-state index >= 15 is 0 Å². The minimum atomic E-state index is -2.11. The second-order valence-corrected chi connectivity index (χ2v) is 7.40. The van der Waals surface area contributed by atoms with E-state index in [1.165, 1.54) is 4.90 Å². The first-order valence-corrected chi connectivity index (χ1v) is 8.88. The largest absolute Gasteiger partial charge is 0.482 e. The Morgan fingerprint density at radius 1 is 0.931 bits per heavy atom. The lowest BCUT2D eigenvalue weighted by atomic mass is 10.0. The maximum atomic E-state index is 10.5. The normalized spacial score (nSPS) is 25.4. The van der Waals surface area contributed by atoms with E-state index in [0.29, 0.717) is 13.2 Å². The number of alkyl halides is 1. The zero-order chi connectivity index (χ0) is 22.0. The third-order valence-electron chi connectivity index (χ3n) is 4.78. The summed E-state index contributed by atoms with van der Waals surface area (Å²) in [7, 11) is 0.